The molecule has 1 aromatic rings. The first-order chi connectivity index (χ1) is 9.08. The first kappa shape index (κ1) is 13.6. The summed E-state index contributed by atoms with van der Waals surface area (Å²) in [4.78, 5) is 22.2. The minimum atomic E-state index is -0.982. The van der Waals surface area contributed by atoms with E-state index < -0.39 is 5.97 Å². The zero-order valence-corrected chi connectivity index (χ0v) is 10.9. The highest BCUT2D eigenvalue weighted by Crippen LogP contribution is 2.28. The van der Waals surface area contributed by atoms with E-state index in [-0.39, 0.29) is 17.4 Å². The highest BCUT2D eigenvalue weighted by molar-refractivity contribution is 5.88. The fourth-order valence-corrected chi connectivity index (χ4v) is 1.82. The van der Waals surface area contributed by atoms with E-state index in [0.29, 0.717) is 31.2 Å². The number of carboxylic acids is 1. The summed E-state index contributed by atoms with van der Waals surface area (Å²) in [7, 11) is 0. The maximum Gasteiger partial charge on any atom is 0.339 e. The van der Waals surface area contributed by atoms with Crippen molar-refractivity contribution in [3.8, 4) is 0 Å². The van der Waals surface area contributed by atoms with Crippen molar-refractivity contribution in [1.82, 2.24) is 10.6 Å². The van der Waals surface area contributed by atoms with Crippen LogP contribution in [0.15, 0.2) is 10.5 Å². The average molecular weight is 266 g/mol. The van der Waals surface area contributed by atoms with Crippen molar-refractivity contribution in [2.24, 2.45) is 5.92 Å². The SMILES string of the molecule is Cc1oc(CNCCNC(=O)C2CC2)cc1C(=O)O. The number of carbonyl (C=O) groups is 2. The number of rotatable bonds is 7. The van der Waals surface area contributed by atoms with Gasteiger partial charge in [0.05, 0.1) is 6.54 Å². The van der Waals surface area contributed by atoms with Crippen LogP contribution in [0.25, 0.3) is 0 Å². The van der Waals surface area contributed by atoms with Crippen LogP contribution in [-0.4, -0.2) is 30.1 Å². The highest BCUT2D eigenvalue weighted by atomic mass is 16.4. The van der Waals surface area contributed by atoms with Gasteiger partial charge in [-0.1, -0.05) is 0 Å². The molecule has 6 heteroatoms. The second kappa shape index (κ2) is 5.88. The molecule has 1 heterocycles. The fourth-order valence-electron chi connectivity index (χ4n) is 1.82. The van der Waals surface area contributed by atoms with Gasteiger partial charge in [-0.2, -0.15) is 0 Å². The van der Waals surface area contributed by atoms with E-state index in [1.165, 1.54) is 6.07 Å². The smallest absolute Gasteiger partial charge is 0.339 e. The number of hydrogen-bond donors (Lipinski definition) is 3. The van der Waals surface area contributed by atoms with Crippen molar-refractivity contribution in [1.29, 1.82) is 0 Å². The molecule has 2 rings (SSSR count). The standard InChI is InChI=1S/C13H18N2O4/c1-8-11(13(17)18)6-10(19-8)7-14-4-5-15-12(16)9-2-3-9/h6,9,14H,2-5,7H2,1H3,(H,15,16)(H,17,18). The highest BCUT2D eigenvalue weighted by Gasteiger charge is 2.28. The molecule has 1 aliphatic carbocycles. The Morgan fingerprint density at radius 3 is 2.74 bits per heavy atom. The van der Waals surface area contributed by atoms with E-state index in [2.05, 4.69) is 10.6 Å². The van der Waals surface area contributed by atoms with Crippen LogP contribution < -0.4 is 10.6 Å². The summed E-state index contributed by atoms with van der Waals surface area (Å²) in [5, 5.41) is 14.8. The quantitative estimate of drug-likeness (QED) is 0.638. The second-order valence-corrected chi connectivity index (χ2v) is 4.73. The number of carbonyl (C=O) groups excluding carboxylic acids is 1. The Kier molecular flexibility index (Phi) is 4.21. The molecular weight excluding hydrogens is 248 g/mol. The van der Waals surface area contributed by atoms with Crippen LogP contribution in [0.3, 0.4) is 0 Å². The largest absolute Gasteiger partial charge is 0.478 e. The third-order valence-electron chi connectivity index (χ3n) is 3.05. The van der Waals surface area contributed by atoms with Gasteiger partial charge in [0.15, 0.2) is 0 Å². The summed E-state index contributed by atoms with van der Waals surface area (Å²) < 4.78 is 5.32. The van der Waals surface area contributed by atoms with Crippen LogP contribution in [0.5, 0.6) is 0 Å². The Morgan fingerprint density at radius 2 is 2.16 bits per heavy atom. The van der Waals surface area contributed by atoms with Gasteiger partial charge in [-0.25, -0.2) is 4.79 Å². The molecule has 0 spiro atoms. The minimum Gasteiger partial charge on any atom is -0.478 e. The second-order valence-electron chi connectivity index (χ2n) is 4.73. The van der Waals surface area contributed by atoms with Crippen LogP contribution >= 0.6 is 0 Å². The molecule has 19 heavy (non-hydrogen) atoms. The molecule has 0 saturated heterocycles. The van der Waals surface area contributed by atoms with Crippen LogP contribution in [0.4, 0.5) is 0 Å². The van der Waals surface area contributed by atoms with E-state index in [9.17, 15) is 9.59 Å². The van der Waals surface area contributed by atoms with E-state index >= 15 is 0 Å². The normalized spacial score (nSPS) is 14.4. The first-order valence-electron chi connectivity index (χ1n) is 6.39. The van der Waals surface area contributed by atoms with E-state index in [4.69, 9.17) is 9.52 Å². The minimum absolute atomic E-state index is 0.129. The van der Waals surface area contributed by atoms with Gasteiger partial charge in [-0.3, -0.25) is 4.79 Å². The molecule has 1 amide bonds. The number of amides is 1. The Labute approximate surface area is 111 Å². The van der Waals surface area contributed by atoms with Gasteiger partial charge >= 0.3 is 5.97 Å². The van der Waals surface area contributed by atoms with Gasteiger partial charge in [-0.05, 0) is 25.8 Å². The Morgan fingerprint density at radius 1 is 1.42 bits per heavy atom. The Hall–Kier alpha value is -1.82. The summed E-state index contributed by atoms with van der Waals surface area (Å²) in [6.45, 7) is 3.28. The van der Waals surface area contributed by atoms with Crippen molar-refractivity contribution in [2.75, 3.05) is 13.1 Å². The molecule has 3 N–H and O–H groups in total. The Bertz CT molecular complexity index is 477. The summed E-state index contributed by atoms with van der Waals surface area (Å²) in [5.74, 6) is 0.369. The third kappa shape index (κ3) is 3.82. The maximum absolute atomic E-state index is 11.3. The number of nitrogens with one attached hydrogen (secondary N) is 2. The van der Waals surface area contributed by atoms with Crippen LogP contribution in [0.2, 0.25) is 0 Å². The molecule has 0 aliphatic heterocycles. The lowest BCUT2D eigenvalue weighted by molar-refractivity contribution is -0.122. The Balaban J connectivity index is 1.66. The summed E-state index contributed by atoms with van der Waals surface area (Å²) in [6, 6.07) is 1.52. The van der Waals surface area contributed by atoms with E-state index in [1.54, 1.807) is 6.92 Å². The van der Waals surface area contributed by atoms with Gasteiger partial charge in [0.2, 0.25) is 5.91 Å². The third-order valence-corrected chi connectivity index (χ3v) is 3.05. The summed E-state index contributed by atoms with van der Waals surface area (Å²) in [5.41, 5.74) is 0.193. The topological polar surface area (TPSA) is 91.6 Å². The van der Waals surface area contributed by atoms with Crippen LogP contribution in [0.1, 0.15) is 34.7 Å². The van der Waals surface area contributed by atoms with E-state index in [0.717, 1.165) is 12.8 Å². The number of carboxylic acid groups (broad SMARTS) is 1. The molecule has 0 radical (unpaired) electrons. The zero-order chi connectivity index (χ0) is 13.8. The monoisotopic (exact) mass is 266 g/mol. The molecule has 0 unspecified atom stereocenters. The number of furan rings is 1. The molecule has 1 fully saturated rings. The summed E-state index contributed by atoms with van der Waals surface area (Å²) in [6.07, 6.45) is 2.01. The molecule has 0 bridgehead atoms. The van der Waals surface area contributed by atoms with Crippen molar-refractivity contribution < 1.29 is 19.1 Å². The number of hydrogen-bond acceptors (Lipinski definition) is 4. The summed E-state index contributed by atoms with van der Waals surface area (Å²) >= 11 is 0. The van der Waals surface area contributed by atoms with Gasteiger partial charge in [-0.15, -0.1) is 0 Å². The molecule has 1 saturated carbocycles. The lowest BCUT2D eigenvalue weighted by atomic mass is 10.2. The average Bonchev–Trinajstić information content (AvgIpc) is 3.13. The fraction of sp³-hybridized carbons (Fsp3) is 0.538. The van der Waals surface area contributed by atoms with Crippen molar-refractivity contribution in [3.63, 3.8) is 0 Å². The molecule has 0 aromatic carbocycles. The molecular formula is C13H18N2O4. The van der Waals surface area contributed by atoms with Crippen molar-refractivity contribution >= 4 is 11.9 Å². The molecule has 1 aliphatic rings. The van der Waals surface area contributed by atoms with Gasteiger partial charge in [0, 0.05) is 19.0 Å². The van der Waals surface area contributed by atoms with Gasteiger partial charge < -0.3 is 20.2 Å². The first-order valence-corrected chi connectivity index (χ1v) is 6.39. The maximum atomic E-state index is 11.3. The lowest BCUT2D eigenvalue weighted by Gasteiger charge is -2.04. The van der Waals surface area contributed by atoms with Gasteiger partial charge in [0.25, 0.3) is 0 Å². The number of aromatic carboxylic acids is 1. The van der Waals surface area contributed by atoms with Crippen LogP contribution in [0, 0.1) is 12.8 Å². The molecule has 0 atom stereocenters. The van der Waals surface area contributed by atoms with Crippen LogP contribution in [-0.2, 0) is 11.3 Å². The number of aryl methyl sites for hydroxylation is 1. The molecule has 6 nitrogen and oxygen atoms in total. The predicted molar refractivity (Wildman–Crippen MR) is 67.8 cm³/mol. The molecule has 1 aromatic heterocycles. The molecule has 104 valence electrons. The van der Waals surface area contributed by atoms with E-state index in [1.807, 2.05) is 0 Å². The predicted octanol–water partition coefficient (Wildman–Crippen LogP) is 0.902. The van der Waals surface area contributed by atoms with Gasteiger partial charge in [0.1, 0.15) is 17.1 Å². The zero-order valence-electron chi connectivity index (χ0n) is 10.9. The lowest BCUT2D eigenvalue weighted by Crippen LogP contribution is -2.32. The van der Waals surface area contributed by atoms with Crippen molar-refractivity contribution in [2.45, 2.75) is 26.3 Å². The van der Waals surface area contributed by atoms with Crippen molar-refractivity contribution in [3.05, 3.63) is 23.2 Å².